The highest BCUT2D eigenvalue weighted by Crippen LogP contribution is 2.20. The fourth-order valence-corrected chi connectivity index (χ4v) is 5.44. The summed E-state index contributed by atoms with van der Waals surface area (Å²) in [6.45, 7) is 8.15. The van der Waals surface area contributed by atoms with Gasteiger partial charge in [0.1, 0.15) is 0 Å². The molecule has 2 aliphatic rings. The van der Waals surface area contributed by atoms with Crippen molar-refractivity contribution in [1.29, 1.82) is 0 Å². The largest absolute Gasteiger partial charge is 0.338 e. The maximum Gasteiger partial charge on any atom is 0.237 e. The summed E-state index contributed by atoms with van der Waals surface area (Å²) in [5.74, 6) is 1.36. The van der Waals surface area contributed by atoms with E-state index < -0.39 is 9.84 Å². The summed E-state index contributed by atoms with van der Waals surface area (Å²) in [6.07, 6.45) is 4.02. The molecule has 0 aromatic carbocycles. The number of hydrogen-bond acceptors (Lipinski definition) is 7. The van der Waals surface area contributed by atoms with Crippen LogP contribution in [0.15, 0.2) is 18.5 Å². The van der Waals surface area contributed by atoms with Gasteiger partial charge < -0.3 is 9.80 Å². The molecule has 8 nitrogen and oxygen atoms in total. The van der Waals surface area contributed by atoms with Crippen molar-refractivity contribution in [2.45, 2.75) is 26.3 Å². The zero-order valence-electron chi connectivity index (χ0n) is 16.1. The standard InChI is InChI=1S/C18H29N5O3S/c1-15(2)12-23(16-4-11-27(25,26)14-16)17(24)13-21-7-9-22(10-8-21)18-19-5-3-6-20-18/h3,5-6,15-16H,4,7-14H2,1-2H3/t16-/m1/s1. The molecule has 1 atom stereocenters. The van der Waals surface area contributed by atoms with Crippen molar-refractivity contribution in [3.63, 3.8) is 0 Å². The molecule has 2 fully saturated rings. The third-order valence-electron chi connectivity index (χ3n) is 5.10. The summed E-state index contributed by atoms with van der Waals surface area (Å²) in [7, 11) is -3.01. The zero-order valence-corrected chi connectivity index (χ0v) is 16.9. The van der Waals surface area contributed by atoms with Gasteiger partial charge in [-0.05, 0) is 18.4 Å². The number of sulfone groups is 1. The molecule has 0 aliphatic carbocycles. The Morgan fingerprint density at radius 2 is 1.89 bits per heavy atom. The minimum Gasteiger partial charge on any atom is -0.338 e. The molecule has 0 N–H and O–H groups in total. The van der Waals surface area contributed by atoms with E-state index in [1.165, 1.54) is 0 Å². The number of hydrogen-bond donors (Lipinski definition) is 0. The van der Waals surface area contributed by atoms with E-state index in [2.05, 4.69) is 33.6 Å². The minimum absolute atomic E-state index is 0.0372. The van der Waals surface area contributed by atoms with E-state index >= 15 is 0 Å². The number of nitrogens with zero attached hydrogens (tertiary/aromatic N) is 5. The van der Waals surface area contributed by atoms with E-state index in [9.17, 15) is 13.2 Å². The van der Waals surface area contributed by atoms with Gasteiger partial charge in [-0.3, -0.25) is 9.69 Å². The molecule has 0 saturated carbocycles. The number of carbonyl (C=O) groups is 1. The molecule has 27 heavy (non-hydrogen) atoms. The van der Waals surface area contributed by atoms with Gasteiger partial charge in [-0.1, -0.05) is 13.8 Å². The van der Waals surface area contributed by atoms with E-state index in [-0.39, 0.29) is 23.5 Å². The lowest BCUT2D eigenvalue weighted by Crippen LogP contribution is -2.52. The number of amides is 1. The average molecular weight is 396 g/mol. The second-order valence-corrected chi connectivity index (χ2v) is 10.0. The lowest BCUT2D eigenvalue weighted by molar-refractivity contribution is -0.135. The van der Waals surface area contributed by atoms with Gasteiger partial charge in [0, 0.05) is 51.2 Å². The Balaban J connectivity index is 1.56. The molecule has 0 radical (unpaired) electrons. The Kier molecular flexibility index (Phi) is 6.31. The normalized spacial score (nSPS) is 22.9. The molecule has 0 unspecified atom stereocenters. The van der Waals surface area contributed by atoms with Gasteiger partial charge in [0.05, 0.1) is 18.1 Å². The maximum atomic E-state index is 12.9. The third-order valence-corrected chi connectivity index (χ3v) is 6.85. The molecule has 9 heteroatoms. The van der Waals surface area contributed by atoms with Gasteiger partial charge in [0.2, 0.25) is 11.9 Å². The van der Waals surface area contributed by atoms with Crippen LogP contribution in [0, 0.1) is 5.92 Å². The molecule has 3 heterocycles. The lowest BCUT2D eigenvalue weighted by atomic mass is 10.1. The average Bonchev–Trinajstić information content (AvgIpc) is 3.00. The summed E-state index contributed by atoms with van der Waals surface area (Å²) >= 11 is 0. The van der Waals surface area contributed by atoms with Crippen LogP contribution in [0.4, 0.5) is 5.95 Å². The Morgan fingerprint density at radius 3 is 2.44 bits per heavy atom. The quantitative estimate of drug-likeness (QED) is 0.683. The van der Waals surface area contributed by atoms with Crippen molar-refractivity contribution in [2.24, 2.45) is 5.92 Å². The van der Waals surface area contributed by atoms with Gasteiger partial charge >= 0.3 is 0 Å². The van der Waals surface area contributed by atoms with Gasteiger partial charge in [0.25, 0.3) is 0 Å². The first-order chi connectivity index (χ1) is 12.8. The predicted molar refractivity (Wildman–Crippen MR) is 104 cm³/mol. The van der Waals surface area contributed by atoms with Gasteiger partial charge in [0.15, 0.2) is 9.84 Å². The lowest BCUT2D eigenvalue weighted by Gasteiger charge is -2.36. The third kappa shape index (κ3) is 5.38. The number of rotatable bonds is 6. The van der Waals surface area contributed by atoms with Crippen LogP contribution in [0.5, 0.6) is 0 Å². The summed E-state index contributed by atoms with van der Waals surface area (Å²) in [5, 5.41) is 0. The van der Waals surface area contributed by atoms with E-state index in [1.54, 1.807) is 18.5 Å². The first-order valence-corrected chi connectivity index (χ1v) is 11.4. The van der Waals surface area contributed by atoms with Crippen molar-refractivity contribution in [3.8, 4) is 0 Å². The van der Waals surface area contributed by atoms with E-state index in [0.29, 0.717) is 25.4 Å². The molecule has 0 spiro atoms. The molecule has 1 amide bonds. The second-order valence-electron chi connectivity index (χ2n) is 7.81. The van der Waals surface area contributed by atoms with Crippen LogP contribution in [-0.2, 0) is 14.6 Å². The summed E-state index contributed by atoms with van der Waals surface area (Å²) < 4.78 is 23.7. The molecule has 2 aliphatic heterocycles. The highest BCUT2D eigenvalue weighted by molar-refractivity contribution is 7.91. The number of aromatic nitrogens is 2. The van der Waals surface area contributed by atoms with Crippen LogP contribution in [0.25, 0.3) is 0 Å². The second kappa shape index (κ2) is 8.52. The van der Waals surface area contributed by atoms with Crippen molar-refractivity contribution >= 4 is 21.7 Å². The Bertz CT molecular complexity index is 733. The number of carbonyl (C=O) groups excluding carboxylic acids is 1. The number of piperazine rings is 1. The van der Waals surface area contributed by atoms with Crippen molar-refractivity contribution < 1.29 is 13.2 Å². The van der Waals surface area contributed by atoms with E-state index in [0.717, 1.165) is 32.1 Å². The van der Waals surface area contributed by atoms with E-state index in [1.807, 2.05) is 4.90 Å². The molecule has 0 bridgehead atoms. The topological polar surface area (TPSA) is 86.7 Å². The fourth-order valence-electron chi connectivity index (χ4n) is 3.71. The predicted octanol–water partition coefficient (Wildman–Crippen LogP) is 0.270. The highest BCUT2D eigenvalue weighted by Gasteiger charge is 2.35. The molecule has 1 aromatic heterocycles. The first kappa shape index (κ1) is 20.0. The van der Waals surface area contributed by atoms with Crippen LogP contribution < -0.4 is 4.90 Å². The Morgan fingerprint density at radius 1 is 1.22 bits per heavy atom. The van der Waals surface area contributed by atoms with E-state index in [4.69, 9.17) is 0 Å². The summed E-state index contributed by atoms with van der Waals surface area (Å²) in [5.41, 5.74) is 0. The first-order valence-electron chi connectivity index (χ1n) is 9.58. The van der Waals surface area contributed by atoms with Crippen LogP contribution in [0.3, 0.4) is 0 Å². The van der Waals surface area contributed by atoms with Crippen molar-refractivity contribution in [1.82, 2.24) is 19.8 Å². The molecule has 150 valence electrons. The summed E-state index contributed by atoms with van der Waals surface area (Å²) in [6, 6.07) is 1.62. The molecule has 2 saturated heterocycles. The Labute approximate surface area is 161 Å². The number of anilines is 1. The smallest absolute Gasteiger partial charge is 0.237 e. The maximum absolute atomic E-state index is 12.9. The van der Waals surface area contributed by atoms with Crippen LogP contribution >= 0.6 is 0 Å². The van der Waals surface area contributed by atoms with Crippen LogP contribution in [-0.4, -0.2) is 90.9 Å². The van der Waals surface area contributed by atoms with Gasteiger partial charge in [-0.2, -0.15) is 0 Å². The zero-order chi connectivity index (χ0) is 19.4. The van der Waals surface area contributed by atoms with Gasteiger partial charge in [-0.15, -0.1) is 0 Å². The SMILES string of the molecule is CC(C)CN(C(=O)CN1CCN(c2ncccn2)CC1)[C@@H]1CCS(=O)(=O)C1. The monoisotopic (exact) mass is 395 g/mol. The van der Waals surface area contributed by atoms with Crippen molar-refractivity contribution in [2.75, 3.05) is 55.7 Å². The molecular formula is C18H29N5O3S. The van der Waals surface area contributed by atoms with Crippen molar-refractivity contribution in [3.05, 3.63) is 18.5 Å². The molecule has 3 rings (SSSR count). The fraction of sp³-hybridized carbons (Fsp3) is 0.722. The molecule has 1 aromatic rings. The highest BCUT2D eigenvalue weighted by atomic mass is 32.2. The summed E-state index contributed by atoms with van der Waals surface area (Å²) in [4.78, 5) is 27.6. The van der Waals surface area contributed by atoms with Crippen LogP contribution in [0.1, 0.15) is 20.3 Å². The Hall–Kier alpha value is -1.74. The molecular weight excluding hydrogens is 366 g/mol. The minimum atomic E-state index is -3.01. The van der Waals surface area contributed by atoms with Crippen LogP contribution in [0.2, 0.25) is 0 Å². The van der Waals surface area contributed by atoms with Gasteiger partial charge in [-0.25, -0.2) is 18.4 Å².